The molecular weight excluding hydrogens is 210 g/mol. The molecule has 16 heavy (non-hydrogen) atoms. The number of aromatic nitrogens is 2. The summed E-state index contributed by atoms with van der Waals surface area (Å²) in [6.07, 6.45) is -0.691. The predicted molar refractivity (Wildman–Crippen MR) is 59.4 cm³/mol. The Morgan fingerprint density at radius 1 is 1.56 bits per heavy atom. The molecule has 0 spiro atoms. The van der Waals surface area contributed by atoms with Gasteiger partial charge < -0.3 is 15.5 Å². The molecule has 0 bridgehead atoms. The van der Waals surface area contributed by atoms with Crippen molar-refractivity contribution >= 4 is 22.8 Å². The number of ether oxygens (including phenoxy) is 1. The monoisotopic (exact) mass is 221 g/mol. The van der Waals surface area contributed by atoms with Crippen LogP contribution in [-0.2, 0) is 4.74 Å². The van der Waals surface area contributed by atoms with Crippen molar-refractivity contribution in [1.82, 2.24) is 9.55 Å². The number of anilines is 1. The van der Waals surface area contributed by atoms with Gasteiger partial charge in [0.1, 0.15) is 0 Å². The van der Waals surface area contributed by atoms with E-state index in [4.69, 9.17) is 10.5 Å². The molecule has 6 heteroatoms. The minimum Gasteiger partial charge on any atom is -0.449 e. The maximum atomic E-state index is 11.5. The molecule has 1 aromatic heterocycles. The van der Waals surface area contributed by atoms with Gasteiger partial charge >= 0.3 is 11.8 Å². The molecule has 84 valence electrons. The van der Waals surface area contributed by atoms with Crippen molar-refractivity contribution in [3.63, 3.8) is 0 Å². The third kappa shape index (κ3) is 1.54. The van der Waals surface area contributed by atoms with Crippen LogP contribution in [0.2, 0.25) is 0 Å². The molecule has 1 aromatic carbocycles. The maximum absolute atomic E-state index is 11.5. The van der Waals surface area contributed by atoms with E-state index < -0.39 is 11.8 Å². The van der Waals surface area contributed by atoms with Crippen molar-refractivity contribution in [2.45, 2.75) is 6.92 Å². The van der Waals surface area contributed by atoms with Crippen LogP contribution < -0.4 is 11.4 Å². The van der Waals surface area contributed by atoms with Crippen LogP contribution in [0.15, 0.2) is 23.0 Å². The standard InChI is InChI=1S/C10H11N3O3/c1-2-16-10(15)13-8-4-3-6(11)5-7(8)12-9(13)14/h3-5H,2,11H2,1H3,(H,12,14). The van der Waals surface area contributed by atoms with Gasteiger partial charge in [0.25, 0.3) is 0 Å². The number of rotatable bonds is 1. The average Bonchev–Trinajstić information content (AvgIpc) is 2.53. The second-order valence-electron chi connectivity index (χ2n) is 3.24. The van der Waals surface area contributed by atoms with E-state index in [-0.39, 0.29) is 6.61 Å². The highest BCUT2D eigenvalue weighted by molar-refractivity contribution is 5.87. The fourth-order valence-electron chi connectivity index (χ4n) is 1.50. The number of nitrogen functional groups attached to an aromatic ring is 1. The lowest BCUT2D eigenvalue weighted by molar-refractivity contribution is 0.154. The Labute approximate surface area is 90.6 Å². The summed E-state index contributed by atoms with van der Waals surface area (Å²) in [5.74, 6) is 0. The van der Waals surface area contributed by atoms with Crippen LogP contribution in [0.25, 0.3) is 11.0 Å². The van der Waals surface area contributed by atoms with E-state index in [9.17, 15) is 9.59 Å². The zero-order valence-electron chi connectivity index (χ0n) is 8.69. The highest BCUT2D eigenvalue weighted by atomic mass is 16.5. The van der Waals surface area contributed by atoms with Gasteiger partial charge in [-0.3, -0.25) is 0 Å². The lowest BCUT2D eigenvalue weighted by atomic mass is 10.3. The van der Waals surface area contributed by atoms with Crippen LogP contribution >= 0.6 is 0 Å². The zero-order chi connectivity index (χ0) is 11.7. The molecule has 0 aliphatic carbocycles. The average molecular weight is 221 g/mol. The molecule has 0 atom stereocenters. The Morgan fingerprint density at radius 3 is 3.00 bits per heavy atom. The minimum atomic E-state index is -0.691. The van der Waals surface area contributed by atoms with Crippen LogP contribution in [0.4, 0.5) is 10.5 Å². The molecule has 2 aromatic rings. The highest BCUT2D eigenvalue weighted by Gasteiger charge is 2.14. The molecule has 0 radical (unpaired) electrons. The second kappa shape index (κ2) is 3.73. The predicted octanol–water partition coefficient (Wildman–Crippen LogP) is 0.916. The Morgan fingerprint density at radius 2 is 2.31 bits per heavy atom. The van der Waals surface area contributed by atoms with E-state index in [0.29, 0.717) is 16.7 Å². The number of aromatic amines is 1. The Hall–Kier alpha value is -2.24. The van der Waals surface area contributed by atoms with Crippen molar-refractivity contribution in [3.05, 3.63) is 28.7 Å². The first kappa shape index (κ1) is 10.3. The van der Waals surface area contributed by atoms with Gasteiger partial charge in [-0.05, 0) is 25.1 Å². The fraction of sp³-hybridized carbons (Fsp3) is 0.200. The summed E-state index contributed by atoms with van der Waals surface area (Å²) >= 11 is 0. The largest absolute Gasteiger partial charge is 0.449 e. The van der Waals surface area contributed by atoms with E-state index in [1.807, 2.05) is 0 Å². The van der Waals surface area contributed by atoms with Gasteiger partial charge in [-0.25, -0.2) is 9.59 Å². The molecule has 3 N–H and O–H groups in total. The molecule has 2 rings (SSSR count). The number of benzene rings is 1. The number of nitrogens with one attached hydrogen (secondary N) is 1. The van der Waals surface area contributed by atoms with Crippen molar-refractivity contribution in [3.8, 4) is 0 Å². The Bertz CT molecular complexity index is 597. The third-order valence-corrected chi connectivity index (χ3v) is 2.16. The number of fused-ring (bicyclic) bond motifs is 1. The zero-order valence-corrected chi connectivity index (χ0v) is 8.69. The van der Waals surface area contributed by atoms with E-state index in [0.717, 1.165) is 4.57 Å². The summed E-state index contributed by atoms with van der Waals surface area (Å²) in [5, 5.41) is 0. The van der Waals surface area contributed by atoms with Crippen molar-refractivity contribution in [1.29, 1.82) is 0 Å². The number of carbonyl (C=O) groups excluding carboxylic acids is 1. The number of carbonyl (C=O) groups is 1. The van der Waals surface area contributed by atoms with Gasteiger partial charge in [-0.2, -0.15) is 4.57 Å². The number of hydrogen-bond donors (Lipinski definition) is 2. The summed E-state index contributed by atoms with van der Waals surface area (Å²) in [6, 6.07) is 4.80. The molecule has 0 saturated carbocycles. The molecule has 1 heterocycles. The number of nitrogens with two attached hydrogens (primary N) is 1. The summed E-state index contributed by atoms with van der Waals surface area (Å²) in [4.78, 5) is 25.6. The number of imidazole rings is 1. The first-order valence-electron chi connectivity index (χ1n) is 4.81. The molecular formula is C10H11N3O3. The molecule has 0 fully saturated rings. The van der Waals surface area contributed by atoms with Gasteiger partial charge in [0.2, 0.25) is 0 Å². The van der Waals surface area contributed by atoms with Crippen LogP contribution in [0, 0.1) is 0 Å². The van der Waals surface area contributed by atoms with Crippen molar-refractivity contribution < 1.29 is 9.53 Å². The Kier molecular flexibility index (Phi) is 2.40. The fourth-order valence-corrected chi connectivity index (χ4v) is 1.50. The number of hydrogen-bond acceptors (Lipinski definition) is 4. The smallest absolute Gasteiger partial charge is 0.422 e. The highest BCUT2D eigenvalue weighted by Crippen LogP contribution is 2.13. The van der Waals surface area contributed by atoms with Crippen LogP contribution in [0.1, 0.15) is 6.92 Å². The van der Waals surface area contributed by atoms with E-state index in [1.54, 1.807) is 25.1 Å². The van der Waals surface area contributed by atoms with E-state index in [2.05, 4.69) is 4.98 Å². The summed E-state index contributed by atoms with van der Waals surface area (Å²) in [6.45, 7) is 1.89. The van der Waals surface area contributed by atoms with Gasteiger partial charge in [-0.1, -0.05) is 0 Å². The molecule has 0 saturated heterocycles. The molecule has 0 unspecified atom stereocenters. The summed E-state index contributed by atoms with van der Waals surface area (Å²) < 4.78 is 5.72. The lowest BCUT2D eigenvalue weighted by Crippen LogP contribution is -2.25. The quantitative estimate of drug-likeness (QED) is 0.700. The normalized spacial score (nSPS) is 10.6. The lowest BCUT2D eigenvalue weighted by Gasteiger charge is -2.01. The summed E-state index contributed by atoms with van der Waals surface area (Å²) in [5.41, 5.74) is 6.53. The number of nitrogens with zero attached hydrogens (tertiary/aromatic N) is 1. The van der Waals surface area contributed by atoms with Gasteiger partial charge in [0, 0.05) is 5.69 Å². The molecule has 0 aliphatic heterocycles. The van der Waals surface area contributed by atoms with Crippen LogP contribution in [0.3, 0.4) is 0 Å². The van der Waals surface area contributed by atoms with Gasteiger partial charge in [0.15, 0.2) is 0 Å². The maximum Gasteiger partial charge on any atom is 0.422 e. The second-order valence-corrected chi connectivity index (χ2v) is 3.24. The van der Waals surface area contributed by atoms with Crippen molar-refractivity contribution in [2.24, 2.45) is 0 Å². The van der Waals surface area contributed by atoms with E-state index >= 15 is 0 Å². The Balaban J connectivity index is 2.65. The SMILES string of the molecule is CCOC(=O)n1c(=O)[nH]c2cc(N)ccc21. The molecule has 0 amide bonds. The first-order chi connectivity index (χ1) is 7.63. The first-order valence-corrected chi connectivity index (χ1v) is 4.81. The topological polar surface area (TPSA) is 90.1 Å². The minimum absolute atomic E-state index is 0.215. The van der Waals surface area contributed by atoms with Crippen LogP contribution in [-0.4, -0.2) is 22.3 Å². The van der Waals surface area contributed by atoms with Gasteiger partial charge in [-0.15, -0.1) is 0 Å². The van der Waals surface area contributed by atoms with E-state index in [1.165, 1.54) is 0 Å². The van der Waals surface area contributed by atoms with Crippen LogP contribution in [0.5, 0.6) is 0 Å². The molecule has 6 nitrogen and oxygen atoms in total. The molecule has 0 aliphatic rings. The van der Waals surface area contributed by atoms with Gasteiger partial charge in [0.05, 0.1) is 17.6 Å². The summed E-state index contributed by atoms with van der Waals surface area (Å²) in [7, 11) is 0. The number of H-pyrrole nitrogens is 1. The third-order valence-electron chi connectivity index (χ3n) is 2.16. The van der Waals surface area contributed by atoms with Crippen molar-refractivity contribution in [2.75, 3.05) is 12.3 Å².